The highest BCUT2D eigenvalue weighted by atomic mass is 35.5. The van der Waals surface area contributed by atoms with Gasteiger partial charge in [0.2, 0.25) is 11.6 Å². The van der Waals surface area contributed by atoms with Gasteiger partial charge >= 0.3 is 0 Å². The Hall–Kier alpha value is -1.61. The SMILES string of the molecule is COc1ccc2c(c1)C=CC(=O)C2=O.Cl. The molecule has 1 aliphatic carbocycles. The molecule has 0 aromatic heterocycles. The molecule has 0 saturated heterocycles. The van der Waals surface area contributed by atoms with Crippen LogP contribution in [0.5, 0.6) is 5.75 Å². The summed E-state index contributed by atoms with van der Waals surface area (Å²) in [6, 6.07) is 5.01. The number of carbonyl (C=O) groups excluding carboxylic acids is 2. The van der Waals surface area contributed by atoms with Gasteiger partial charge in [0.05, 0.1) is 7.11 Å². The van der Waals surface area contributed by atoms with Crippen molar-refractivity contribution in [3.63, 3.8) is 0 Å². The maximum absolute atomic E-state index is 11.4. The summed E-state index contributed by atoms with van der Waals surface area (Å²) in [6.45, 7) is 0. The van der Waals surface area contributed by atoms with Crippen molar-refractivity contribution in [3.8, 4) is 5.75 Å². The largest absolute Gasteiger partial charge is 0.497 e. The van der Waals surface area contributed by atoms with Gasteiger partial charge in [-0.25, -0.2) is 0 Å². The molecule has 0 atom stereocenters. The van der Waals surface area contributed by atoms with Crippen LogP contribution in [0.25, 0.3) is 6.08 Å². The van der Waals surface area contributed by atoms with Gasteiger partial charge in [0.25, 0.3) is 0 Å². The lowest BCUT2D eigenvalue weighted by atomic mass is 9.95. The van der Waals surface area contributed by atoms with Crippen LogP contribution in [0.3, 0.4) is 0 Å². The van der Waals surface area contributed by atoms with Gasteiger partial charge in [0.15, 0.2) is 0 Å². The predicted octanol–water partition coefficient (Wildman–Crippen LogP) is 1.90. The van der Waals surface area contributed by atoms with Crippen molar-refractivity contribution in [3.05, 3.63) is 35.4 Å². The number of ketones is 2. The molecule has 0 saturated carbocycles. The number of fused-ring (bicyclic) bond motifs is 1. The molecule has 0 bridgehead atoms. The van der Waals surface area contributed by atoms with Crippen LogP contribution in [0, 0.1) is 0 Å². The molecule has 0 N–H and O–H groups in total. The molecule has 4 heteroatoms. The highest BCUT2D eigenvalue weighted by Gasteiger charge is 2.20. The Morgan fingerprint density at radius 1 is 1.13 bits per heavy atom. The van der Waals surface area contributed by atoms with Gasteiger partial charge in [-0.3, -0.25) is 9.59 Å². The first-order valence-electron chi connectivity index (χ1n) is 4.17. The zero-order valence-corrected chi connectivity index (χ0v) is 8.84. The summed E-state index contributed by atoms with van der Waals surface area (Å²) in [5.74, 6) is -0.247. The van der Waals surface area contributed by atoms with E-state index in [1.807, 2.05) is 0 Å². The first-order valence-corrected chi connectivity index (χ1v) is 4.17. The quantitative estimate of drug-likeness (QED) is 0.685. The summed E-state index contributed by atoms with van der Waals surface area (Å²) in [4.78, 5) is 22.4. The van der Waals surface area contributed by atoms with E-state index in [0.29, 0.717) is 11.3 Å². The monoisotopic (exact) mass is 224 g/mol. The lowest BCUT2D eigenvalue weighted by Crippen LogP contribution is -2.15. The number of hydrogen-bond donors (Lipinski definition) is 0. The predicted molar refractivity (Wildman–Crippen MR) is 58.6 cm³/mol. The third-order valence-electron chi connectivity index (χ3n) is 2.14. The van der Waals surface area contributed by atoms with Gasteiger partial charge in [-0.15, -0.1) is 12.4 Å². The Balaban J connectivity index is 0.00000112. The van der Waals surface area contributed by atoms with E-state index in [0.717, 1.165) is 5.56 Å². The number of benzene rings is 1. The van der Waals surface area contributed by atoms with Crippen LogP contribution in [0.4, 0.5) is 0 Å². The number of halogens is 1. The Labute approximate surface area is 93.2 Å². The van der Waals surface area contributed by atoms with Gasteiger partial charge in [-0.2, -0.15) is 0 Å². The number of allylic oxidation sites excluding steroid dienone is 1. The minimum atomic E-state index is -0.470. The van der Waals surface area contributed by atoms with E-state index < -0.39 is 11.6 Å². The number of methoxy groups -OCH3 is 1. The van der Waals surface area contributed by atoms with Crippen molar-refractivity contribution in [2.75, 3.05) is 7.11 Å². The van der Waals surface area contributed by atoms with Crippen LogP contribution in [0.2, 0.25) is 0 Å². The van der Waals surface area contributed by atoms with Crippen molar-refractivity contribution in [2.45, 2.75) is 0 Å². The molecular formula is C11H9ClO3. The molecule has 3 nitrogen and oxygen atoms in total. The van der Waals surface area contributed by atoms with Crippen molar-refractivity contribution < 1.29 is 14.3 Å². The highest BCUT2D eigenvalue weighted by Crippen LogP contribution is 2.22. The second-order valence-electron chi connectivity index (χ2n) is 2.98. The molecule has 0 fully saturated rings. The van der Waals surface area contributed by atoms with Crippen LogP contribution in [-0.2, 0) is 4.79 Å². The van der Waals surface area contributed by atoms with E-state index in [-0.39, 0.29) is 12.4 Å². The normalized spacial score (nSPS) is 13.1. The lowest BCUT2D eigenvalue weighted by molar-refractivity contribution is -0.110. The summed E-state index contributed by atoms with van der Waals surface area (Å²) < 4.78 is 5.01. The molecule has 0 amide bonds. The third-order valence-corrected chi connectivity index (χ3v) is 2.14. The molecule has 0 aliphatic heterocycles. The van der Waals surface area contributed by atoms with Gasteiger partial charge in [0.1, 0.15) is 5.75 Å². The second-order valence-corrected chi connectivity index (χ2v) is 2.98. The summed E-state index contributed by atoms with van der Waals surface area (Å²) in [5, 5.41) is 0. The highest BCUT2D eigenvalue weighted by molar-refractivity contribution is 6.49. The number of ether oxygens (including phenoxy) is 1. The van der Waals surface area contributed by atoms with Crippen molar-refractivity contribution in [1.82, 2.24) is 0 Å². The minimum absolute atomic E-state index is 0. The van der Waals surface area contributed by atoms with Gasteiger partial charge in [0, 0.05) is 5.56 Å². The number of carbonyl (C=O) groups is 2. The molecule has 2 rings (SSSR count). The minimum Gasteiger partial charge on any atom is -0.497 e. The van der Waals surface area contributed by atoms with Crippen LogP contribution in [-0.4, -0.2) is 18.7 Å². The Morgan fingerprint density at radius 3 is 2.53 bits per heavy atom. The smallest absolute Gasteiger partial charge is 0.233 e. The molecule has 0 unspecified atom stereocenters. The van der Waals surface area contributed by atoms with Crippen LogP contribution < -0.4 is 4.74 Å². The fourth-order valence-corrected chi connectivity index (χ4v) is 1.39. The standard InChI is InChI=1S/C11H8O3.ClH/c1-14-8-3-4-9-7(6-8)2-5-10(12)11(9)13;/h2-6H,1H3;1H. The van der Waals surface area contributed by atoms with Crippen molar-refractivity contribution >= 4 is 30.0 Å². The Bertz CT molecular complexity index is 449. The van der Waals surface area contributed by atoms with Gasteiger partial charge < -0.3 is 4.74 Å². The first kappa shape index (κ1) is 11.5. The Kier molecular flexibility index (Phi) is 3.27. The average Bonchev–Trinajstić information content (AvgIpc) is 2.23. The maximum Gasteiger partial charge on any atom is 0.233 e. The zero-order chi connectivity index (χ0) is 10.1. The first-order chi connectivity index (χ1) is 6.72. The summed E-state index contributed by atoms with van der Waals surface area (Å²) in [5.41, 5.74) is 1.17. The van der Waals surface area contributed by atoms with Crippen LogP contribution >= 0.6 is 12.4 Å². The summed E-state index contributed by atoms with van der Waals surface area (Å²) >= 11 is 0. The number of hydrogen-bond acceptors (Lipinski definition) is 3. The number of Topliss-reactive ketones (excluding diaryl/α,β-unsaturated/α-hetero) is 1. The fraction of sp³-hybridized carbons (Fsp3) is 0.0909. The molecule has 0 heterocycles. The van der Waals surface area contributed by atoms with Gasteiger partial charge in [-0.1, -0.05) is 6.08 Å². The van der Waals surface area contributed by atoms with E-state index >= 15 is 0 Å². The molecule has 0 spiro atoms. The van der Waals surface area contributed by atoms with E-state index in [1.165, 1.54) is 6.08 Å². The topological polar surface area (TPSA) is 43.4 Å². The van der Waals surface area contributed by atoms with E-state index in [4.69, 9.17) is 4.74 Å². The summed E-state index contributed by atoms with van der Waals surface area (Å²) in [7, 11) is 1.56. The molecule has 78 valence electrons. The van der Waals surface area contributed by atoms with Gasteiger partial charge in [-0.05, 0) is 29.8 Å². The molecule has 1 aromatic carbocycles. The van der Waals surface area contributed by atoms with Crippen LogP contribution in [0.1, 0.15) is 15.9 Å². The Morgan fingerprint density at radius 2 is 1.87 bits per heavy atom. The molecule has 15 heavy (non-hydrogen) atoms. The van der Waals surface area contributed by atoms with Crippen LogP contribution in [0.15, 0.2) is 24.3 Å². The average molecular weight is 225 g/mol. The molecule has 1 aliphatic rings. The second kappa shape index (κ2) is 4.28. The molecule has 1 aromatic rings. The fourth-order valence-electron chi connectivity index (χ4n) is 1.39. The van der Waals surface area contributed by atoms with E-state index in [9.17, 15) is 9.59 Å². The maximum atomic E-state index is 11.4. The lowest BCUT2D eigenvalue weighted by Gasteiger charge is -2.09. The van der Waals surface area contributed by atoms with E-state index in [1.54, 1.807) is 31.4 Å². The van der Waals surface area contributed by atoms with Crippen molar-refractivity contribution in [2.24, 2.45) is 0 Å². The van der Waals surface area contributed by atoms with E-state index in [2.05, 4.69) is 0 Å². The third kappa shape index (κ3) is 1.92. The molecular weight excluding hydrogens is 216 g/mol. The zero-order valence-electron chi connectivity index (χ0n) is 8.02. The van der Waals surface area contributed by atoms with Crippen molar-refractivity contribution in [1.29, 1.82) is 0 Å². The number of rotatable bonds is 1. The molecule has 0 radical (unpaired) electrons. The summed E-state index contributed by atoms with van der Waals surface area (Å²) in [6.07, 6.45) is 2.91.